The summed E-state index contributed by atoms with van der Waals surface area (Å²) in [7, 11) is 0. The van der Waals surface area contributed by atoms with Gasteiger partial charge in [-0.15, -0.1) is 0 Å². The highest BCUT2D eigenvalue weighted by atomic mass is 32.5. The molecule has 16 heteroatoms. The van der Waals surface area contributed by atoms with Crippen LogP contribution >= 0.6 is 6.49 Å². The van der Waals surface area contributed by atoms with Crippen LogP contribution in [0.1, 0.15) is 31.7 Å². The Balaban J connectivity index is 1.12. The van der Waals surface area contributed by atoms with Crippen LogP contribution in [0.2, 0.25) is 0 Å². The summed E-state index contributed by atoms with van der Waals surface area (Å²) in [4.78, 5) is 38.5. The maximum absolute atomic E-state index is 12.9. The van der Waals surface area contributed by atoms with E-state index >= 15 is 0 Å². The normalized spacial score (nSPS) is 12.8. The van der Waals surface area contributed by atoms with Crippen LogP contribution in [0.3, 0.4) is 0 Å². The van der Waals surface area contributed by atoms with Crippen LogP contribution in [-0.2, 0) is 22.5 Å². The van der Waals surface area contributed by atoms with E-state index < -0.39 is 18.6 Å². The second kappa shape index (κ2) is 23.8. The van der Waals surface area contributed by atoms with Gasteiger partial charge in [0.2, 0.25) is 0 Å². The average molecular weight is 915 g/mol. The Morgan fingerprint density at radius 2 is 0.938 bits per heavy atom. The Kier molecular flexibility index (Phi) is 17.2. The summed E-state index contributed by atoms with van der Waals surface area (Å²) in [5.74, 6) is 3.11. The molecule has 5 aromatic rings. The van der Waals surface area contributed by atoms with Crippen molar-refractivity contribution in [2.75, 3.05) is 46.4 Å². The zero-order valence-corrected chi connectivity index (χ0v) is 37.6. The van der Waals surface area contributed by atoms with Gasteiger partial charge in [0.05, 0.1) is 12.8 Å². The van der Waals surface area contributed by atoms with Gasteiger partial charge < -0.3 is 55.2 Å². The van der Waals surface area contributed by atoms with E-state index in [2.05, 4.69) is 45.1 Å². The zero-order valence-electron chi connectivity index (χ0n) is 35.8. The van der Waals surface area contributed by atoms with Crippen molar-refractivity contribution in [1.29, 1.82) is 0 Å². The van der Waals surface area contributed by atoms with Crippen LogP contribution in [0.5, 0.6) is 23.0 Å². The fraction of sp³-hybridized carbons (Fsp3) is 0.163. The molecule has 6 N–H and O–H groups in total. The van der Waals surface area contributed by atoms with Crippen molar-refractivity contribution in [3.05, 3.63) is 176 Å². The minimum atomic E-state index is -3.16. The molecule has 0 aromatic heterocycles. The fourth-order valence-corrected chi connectivity index (χ4v) is 8.98. The molecule has 5 aromatic carbocycles. The van der Waals surface area contributed by atoms with E-state index in [1.165, 1.54) is 0 Å². The van der Waals surface area contributed by atoms with Gasteiger partial charge in [-0.1, -0.05) is 37.4 Å². The van der Waals surface area contributed by atoms with Crippen molar-refractivity contribution in [3.63, 3.8) is 0 Å². The molecule has 6 rings (SSSR count). The van der Waals surface area contributed by atoms with Crippen molar-refractivity contribution >= 4 is 64.8 Å². The Labute approximate surface area is 383 Å². The molecule has 1 atom stereocenters. The van der Waals surface area contributed by atoms with Gasteiger partial charge >= 0.3 is 18.1 Å². The van der Waals surface area contributed by atoms with Crippen LogP contribution in [-0.4, -0.2) is 37.9 Å². The molecule has 1 aliphatic carbocycles. The van der Waals surface area contributed by atoms with E-state index in [4.69, 9.17) is 35.1 Å². The van der Waals surface area contributed by atoms with E-state index in [9.17, 15) is 14.4 Å². The standard InChI is InChI=1S/C49H51N6O8PS/c1-4-32-60-43-25-16-39(17-26-43)52-47(56)50-36-8-7-9-45(29-20-36)62-64(65,34-35-10-12-37(13-11-35)51-48(57)53-38-14-23-42(24-15-38)59-6-3)63-46-30-21-41(22-31-46)55-49(58)54-40-18-27-44(28-19-40)61-33-5-2/h4-5,10-31H,1-2,6-9,32-34H2,3H3,(H2,50,52,56)(H2,51,53,57)(H2,54,55,58). The number of hydrogen-bond donors (Lipinski definition) is 6. The SMILES string of the molecule is C=CCOc1ccc(NC(=O)NC2=CC=C(OP(=S)(Cc3ccc(NC(=O)Nc4ccc(OCC)cc4)cc3)Oc3ccc(NC(=O)Nc4ccc(OCC=C)cc4)cc3)CCC2)cc1. The third-order valence-corrected chi connectivity index (χ3v) is 11.8. The van der Waals surface area contributed by atoms with E-state index in [0.29, 0.717) is 102 Å². The van der Waals surface area contributed by atoms with Crippen LogP contribution < -0.4 is 50.6 Å². The summed E-state index contributed by atoms with van der Waals surface area (Å²) in [6.07, 6.45) is 8.99. The predicted octanol–water partition coefficient (Wildman–Crippen LogP) is 12.2. The molecule has 336 valence electrons. The molecule has 0 aliphatic heterocycles. The van der Waals surface area contributed by atoms with E-state index in [1.54, 1.807) is 121 Å². The first kappa shape index (κ1) is 47.0. The Bertz CT molecular complexity index is 2520. The number of allylic oxidation sites excluding steroid dienone is 4. The maximum atomic E-state index is 12.9. The Morgan fingerprint density at radius 1 is 0.538 bits per heavy atom. The number of rotatable bonds is 20. The van der Waals surface area contributed by atoms with Gasteiger partial charge in [0.15, 0.2) is 0 Å². The molecule has 65 heavy (non-hydrogen) atoms. The van der Waals surface area contributed by atoms with Crippen LogP contribution in [0.15, 0.2) is 170 Å². The first-order valence-corrected chi connectivity index (χ1v) is 23.6. The molecule has 1 unspecified atom stereocenters. The molecule has 6 amide bonds. The molecule has 0 spiro atoms. The van der Waals surface area contributed by atoms with Gasteiger partial charge in [0.1, 0.15) is 42.0 Å². The van der Waals surface area contributed by atoms with E-state index in [1.807, 2.05) is 31.2 Å². The largest absolute Gasteiger partial charge is 0.494 e. The molecular weight excluding hydrogens is 864 g/mol. The molecular formula is C49H51N6O8PS. The average Bonchev–Trinajstić information content (AvgIpc) is 3.51. The Morgan fingerprint density at radius 3 is 1.37 bits per heavy atom. The lowest BCUT2D eigenvalue weighted by molar-refractivity contribution is 0.254. The number of anilines is 5. The third kappa shape index (κ3) is 15.7. The van der Waals surface area contributed by atoms with Gasteiger partial charge in [-0.3, -0.25) is 0 Å². The molecule has 0 fully saturated rings. The molecule has 0 heterocycles. The number of urea groups is 3. The highest BCUT2D eigenvalue weighted by molar-refractivity contribution is 8.09. The van der Waals surface area contributed by atoms with Gasteiger partial charge in [0, 0.05) is 40.6 Å². The van der Waals surface area contributed by atoms with Crippen molar-refractivity contribution in [2.24, 2.45) is 0 Å². The lowest BCUT2D eigenvalue weighted by Gasteiger charge is -2.25. The molecule has 0 saturated carbocycles. The minimum absolute atomic E-state index is 0.243. The first-order chi connectivity index (χ1) is 31.6. The fourth-order valence-electron chi connectivity index (χ4n) is 6.21. The molecule has 0 radical (unpaired) electrons. The maximum Gasteiger partial charge on any atom is 0.323 e. The zero-order chi connectivity index (χ0) is 45.9. The number of ether oxygens (including phenoxy) is 3. The second-order valence-corrected chi connectivity index (χ2v) is 17.9. The molecule has 14 nitrogen and oxygen atoms in total. The number of amides is 6. The number of benzene rings is 5. The van der Waals surface area contributed by atoms with E-state index in [-0.39, 0.29) is 12.2 Å². The summed E-state index contributed by atoms with van der Waals surface area (Å²) >= 11 is 6.23. The van der Waals surface area contributed by atoms with Crippen molar-refractivity contribution in [2.45, 2.75) is 32.3 Å². The quantitative estimate of drug-likeness (QED) is 0.0329. The highest BCUT2D eigenvalue weighted by Gasteiger charge is 2.26. The summed E-state index contributed by atoms with van der Waals surface area (Å²) in [5, 5.41) is 17.1. The topological polar surface area (TPSA) is 170 Å². The lowest BCUT2D eigenvalue weighted by atomic mass is 10.2. The van der Waals surface area contributed by atoms with Crippen molar-refractivity contribution in [3.8, 4) is 23.0 Å². The number of nitrogens with one attached hydrogen (secondary N) is 6. The highest BCUT2D eigenvalue weighted by Crippen LogP contribution is 2.54. The van der Waals surface area contributed by atoms with Crippen molar-refractivity contribution in [1.82, 2.24) is 5.32 Å². The van der Waals surface area contributed by atoms with E-state index in [0.717, 1.165) is 5.56 Å². The lowest BCUT2D eigenvalue weighted by Crippen LogP contribution is -2.28. The predicted molar refractivity (Wildman–Crippen MR) is 262 cm³/mol. The third-order valence-electron chi connectivity index (χ3n) is 9.20. The monoisotopic (exact) mass is 914 g/mol. The number of carbonyl (C=O) groups is 3. The first-order valence-electron chi connectivity index (χ1n) is 20.8. The van der Waals surface area contributed by atoms with Crippen LogP contribution in [0.25, 0.3) is 0 Å². The van der Waals surface area contributed by atoms with Gasteiger partial charge in [0.25, 0.3) is 6.49 Å². The van der Waals surface area contributed by atoms with Crippen LogP contribution in [0, 0.1) is 0 Å². The summed E-state index contributed by atoms with van der Waals surface area (Å²) in [6.45, 7) is 7.37. The van der Waals surface area contributed by atoms with Gasteiger partial charge in [-0.05, 0) is 158 Å². The number of carbonyl (C=O) groups excluding carboxylic acids is 3. The summed E-state index contributed by atoms with van der Waals surface area (Å²) in [5.41, 5.74) is 4.45. The molecule has 0 saturated heterocycles. The number of hydrogen-bond acceptors (Lipinski definition) is 9. The smallest absolute Gasteiger partial charge is 0.323 e. The molecule has 0 bridgehead atoms. The van der Waals surface area contributed by atoms with Crippen molar-refractivity contribution < 1.29 is 37.6 Å². The Hall–Kier alpha value is -7.48. The van der Waals surface area contributed by atoms with Crippen LogP contribution in [0.4, 0.5) is 42.8 Å². The van der Waals surface area contributed by atoms with Gasteiger partial charge in [-0.2, -0.15) is 0 Å². The molecule has 1 aliphatic rings. The second-order valence-electron chi connectivity index (χ2n) is 14.3. The van der Waals surface area contributed by atoms with Gasteiger partial charge in [-0.25, -0.2) is 14.4 Å². The summed E-state index contributed by atoms with van der Waals surface area (Å²) in [6, 6.07) is 34.1. The minimum Gasteiger partial charge on any atom is -0.494 e. The summed E-state index contributed by atoms with van der Waals surface area (Å²) < 4.78 is 29.7.